The molecule has 0 aliphatic heterocycles. The second-order valence-electron chi connectivity index (χ2n) is 5.47. The molecule has 4 aromatic rings. The minimum absolute atomic E-state index is 0.0328. The van der Waals surface area contributed by atoms with Gasteiger partial charge in [-0.2, -0.15) is 0 Å². The predicted molar refractivity (Wildman–Crippen MR) is 96.2 cm³/mol. The largest absolute Gasteiger partial charge is 0.454 e. The summed E-state index contributed by atoms with van der Waals surface area (Å²) in [6, 6.07) is 13.4. The predicted octanol–water partition coefficient (Wildman–Crippen LogP) is 4.25. The van der Waals surface area contributed by atoms with Gasteiger partial charge in [0.15, 0.2) is 5.69 Å². The van der Waals surface area contributed by atoms with E-state index in [0.29, 0.717) is 16.7 Å². The maximum atomic E-state index is 13.0. The van der Waals surface area contributed by atoms with Gasteiger partial charge < -0.3 is 4.74 Å². The lowest BCUT2D eigenvalue weighted by Gasteiger charge is -2.03. The zero-order chi connectivity index (χ0) is 17.9. The molecule has 0 atom stereocenters. The van der Waals surface area contributed by atoms with Crippen LogP contribution in [0.3, 0.4) is 0 Å². The van der Waals surface area contributed by atoms with Crippen LogP contribution in [0, 0.1) is 5.82 Å². The molecule has 0 radical (unpaired) electrons. The van der Waals surface area contributed by atoms with Crippen molar-refractivity contribution in [3.63, 3.8) is 0 Å². The average Bonchev–Trinajstić information content (AvgIpc) is 3.15. The Kier molecular flexibility index (Phi) is 4.37. The normalized spacial score (nSPS) is 10.8. The van der Waals surface area contributed by atoms with Gasteiger partial charge >= 0.3 is 5.97 Å². The van der Waals surface area contributed by atoms with Crippen LogP contribution in [0.15, 0.2) is 60.1 Å². The second kappa shape index (κ2) is 6.97. The molecule has 0 amide bonds. The summed E-state index contributed by atoms with van der Waals surface area (Å²) >= 11 is 1.41. The van der Waals surface area contributed by atoms with Gasteiger partial charge in [0, 0.05) is 10.9 Å². The number of para-hydroxylation sites is 2. The number of hydrogen-bond donors (Lipinski definition) is 0. The van der Waals surface area contributed by atoms with Crippen molar-refractivity contribution < 1.29 is 13.9 Å². The van der Waals surface area contributed by atoms with Gasteiger partial charge in [-0.15, -0.1) is 11.3 Å². The van der Waals surface area contributed by atoms with Gasteiger partial charge in [0.05, 0.1) is 22.9 Å². The van der Waals surface area contributed by atoms with Crippen molar-refractivity contribution in [3.05, 3.63) is 77.3 Å². The molecule has 26 heavy (non-hydrogen) atoms. The van der Waals surface area contributed by atoms with Crippen LogP contribution in [0.2, 0.25) is 0 Å². The molecule has 7 heteroatoms. The topological polar surface area (TPSA) is 65.0 Å². The van der Waals surface area contributed by atoms with Crippen molar-refractivity contribution in [1.82, 2.24) is 15.0 Å². The highest BCUT2D eigenvalue weighted by Crippen LogP contribution is 2.24. The molecule has 5 nitrogen and oxygen atoms in total. The van der Waals surface area contributed by atoms with E-state index >= 15 is 0 Å². The first-order valence-electron chi connectivity index (χ1n) is 7.78. The molecule has 0 aliphatic rings. The number of nitrogens with zero attached hydrogens (tertiary/aromatic N) is 3. The fourth-order valence-electron chi connectivity index (χ4n) is 2.37. The van der Waals surface area contributed by atoms with E-state index in [1.165, 1.54) is 29.7 Å². The van der Waals surface area contributed by atoms with Crippen molar-refractivity contribution in [2.24, 2.45) is 0 Å². The Morgan fingerprint density at radius 2 is 1.81 bits per heavy atom. The Labute approximate surface area is 152 Å². The van der Waals surface area contributed by atoms with Crippen molar-refractivity contribution in [2.75, 3.05) is 0 Å². The Bertz CT molecular complexity index is 1080. The third kappa shape index (κ3) is 3.43. The molecular formula is C19H12FN3O2S. The Hall–Kier alpha value is -3.19. The van der Waals surface area contributed by atoms with Crippen LogP contribution in [0.5, 0.6) is 0 Å². The second-order valence-corrected chi connectivity index (χ2v) is 6.33. The molecular weight excluding hydrogens is 353 g/mol. The monoisotopic (exact) mass is 365 g/mol. The lowest BCUT2D eigenvalue weighted by molar-refractivity contribution is 0.0461. The zero-order valence-electron chi connectivity index (χ0n) is 13.4. The number of thiazole rings is 1. The Balaban J connectivity index is 1.45. The highest BCUT2D eigenvalue weighted by Gasteiger charge is 2.12. The van der Waals surface area contributed by atoms with E-state index in [1.54, 1.807) is 23.6 Å². The van der Waals surface area contributed by atoms with Crippen molar-refractivity contribution >= 4 is 28.3 Å². The van der Waals surface area contributed by atoms with E-state index in [0.717, 1.165) is 10.6 Å². The van der Waals surface area contributed by atoms with Gasteiger partial charge in [0.2, 0.25) is 0 Å². The van der Waals surface area contributed by atoms with Crippen LogP contribution in [0.4, 0.5) is 4.39 Å². The average molecular weight is 365 g/mol. The lowest BCUT2D eigenvalue weighted by atomic mass is 10.2. The summed E-state index contributed by atoms with van der Waals surface area (Å²) in [6.07, 6.45) is 1.40. The number of ether oxygens (including phenoxy) is 1. The molecule has 2 aromatic carbocycles. The molecule has 0 saturated heterocycles. The molecule has 0 spiro atoms. The number of carbonyl (C=O) groups is 1. The molecule has 0 unspecified atom stereocenters. The number of carbonyl (C=O) groups excluding carboxylic acids is 1. The molecule has 4 rings (SSSR count). The summed E-state index contributed by atoms with van der Waals surface area (Å²) in [5.41, 5.74) is 2.94. The maximum absolute atomic E-state index is 13.0. The van der Waals surface area contributed by atoms with E-state index in [9.17, 15) is 9.18 Å². The highest BCUT2D eigenvalue weighted by molar-refractivity contribution is 7.13. The van der Waals surface area contributed by atoms with Crippen LogP contribution in [0.25, 0.3) is 21.6 Å². The molecule has 128 valence electrons. The highest BCUT2D eigenvalue weighted by atomic mass is 32.1. The summed E-state index contributed by atoms with van der Waals surface area (Å²) in [5.74, 6) is -0.851. The molecule has 0 fully saturated rings. The summed E-state index contributed by atoms with van der Waals surface area (Å²) in [7, 11) is 0. The third-order valence-electron chi connectivity index (χ3n) is 3.65. The first kappa shape index (κ1) is 16.3. The van der Waals surface area contributed by atoms with Gasteiger partial charge in [-0.25, -0.2) is 19.2 Å². The number of hydrogen-bond acceptors (Lipinski definition) is 6. The molecule has 2 heterocycles. The van der Waals surface area contributed by atoms with Crippen molar-refractivity contribution in [3.8, 4) is 10.6 Å². The zero-order valence-corrected chi connectivity index (χ0v) is 14.2. The van der Waals surface area contributed by atoms with Gasteiger partial charge in [-0.05, 0) is 36.4 Å². The van der Waals surface area contributed by atoms with Crippen LogP contribution in [-0.2, 0) is 11.3 Å². The number of aromatic nitrogens is 3. The summed E-state index contributed by atoms with van der Waals surface area (Å²) < 4.78 is 18.3. The first-order chi connectivity index (χ1) is 12.7. The Morgan fingerprint density at radius 3 is 2.62 bits per heavy atom. The van der Waals surface area contributed by atoms with E-state index in [2.05, 4.69) is 15.0 Å². The minimum atomic E-state index is -0.556. The summed E-state index contributed by atoms with van der Waals surface area (Å²) in [6.45, 7) is 0.0328. The Morgan fingerprint density at radius 1 is 1.04 bits per heavy atom. The molecule has 2 aromatic heterocycles. The van der Waals surface area contributed by atoms with Crippen LogP contribution < -0.4 is 0 Å². The molecule has 0 aliphatic carbocycles. The minimum Gasteiger partial charge on any atom is -0.454 e. The maximum Gasteiger partial charge on any atom is 0.358 e. The van der Waals surface area contributed by atoms with Gasteiger partial charge in [-0.3, -0.25) is 4.98 Å². The fraction of sp³-hybridized carbons (Fsp3) is 0.0526. The molecule has 0 N–H and O–H groups in total. The van der Waals surface area contributed by atoms with E-state index in [-0.39, 0.29) is 18.1 Å². The van der Waals surface area contributed by atoms with E-state index < -0.39 is 5.97 Å². The summed E-state index contributed by atoms with van der Waals surface area (Å²) in [5, 5.41) is 2.54. The van der Waals surface area contributed by atoms with Crippen LogP contribution in [0.1, 0.15) is 16.2 Å². The standard InChI is InChI=1S/C19H12FN3O2S/c20-13-7-5-12(6-8-13)18-22-14(11-26-18)10-25-19(24)17-9-21-15-3-1-2-4-16(15)23-17/h1-9,11H,10H2. The lowest BCUT2D eigenvalue weighted by Crippen LogP contribution is -2.08. The number of rotatable bonds is 4. The summed E-state index contributed by atoms with van der Waals surface area (Å²) in [4.78, 5) is 25.1. The number of fused-ring (bicyclic) bond motifs is 1. The van der Waals surface area contributed by atoms with E-state index in [4.69, 9.17) is 4.74 Å². The van der Waals surface area contributed by atoms with Crippen molar-refractivity contribution in [1.29, 1.82) is 0 Å². The van der Waals surface area contributed by atoms with Gasteiger partial charge in [0.25, 0.3) is 0 Å². The number of esters is 1. The van der Waals surface area contributed by atoms with Gasteiger partial charge in [-0.1, -0.05) is 12.1 Å². The number of benzene rings is 2. The molecule has 0 bridgehead atoms. The van der Waals surface area contributed by atoms with E-state index in [1.807, 2.05) is 18.2 Å². The molecule has 0 saturated carbocycles. The van der Waals surface area contributed by atoms with Gasteiger partial charge in [0.1, 0.15) is 17.4 Å². The quantitative estimate of drug-likeness (QED) is 0.506. The smallest absolute Gasteiger partial charge is 0.358 e. The fourth-order valence-corrected chi connectivity index (χ4v) is 3.18. The number of halogens is 1. The van der Waals surface area contributed by atoms with Crippen LogP contribution in [-0.4, -0.2) is 20.9 Å². The third-order valence-corrected chi connectivity index (χ3v) is 4.59. The van der Waals surface area contributed by atoms with Crippen molar-refractivity contribution in [2.45, 2.75) is 6.61 Å². The van der Waals surface area contributed by atoms with Crippen LogP contribution >= 0.6 is 11.3 Å². The first-order valence-corrected chi connectivity index (χ1v) is 8.66. The SMILES string of the molecule is O=C(OCc1csc(-c2ccc(F)cc2)n1)c1cnc2ccccc2n1.